The van der Waals surface area contributed by atoms with Gasteiger partial charge in [-0.2, -0.15) is 12.1 Å². The van der Waals surface area contributed by atoms with E-state index in [1.54, 1.807) is 13.8 Å². The molecule has 0 heterocycles. The first-order chi connectivity index (χ1) is 28.4. The predicted octanol–water partition coefficient (Wildman–Crippen LogP) is 15.0. The third-order valence-corrected chi connectivity index (χ3v) is 11.1. The molecule has 0 saturated carbocycles. The number of fused-ring (bicyclic) bond motifs is 2. The van der Waals surface area contributed by atoms with Gasteiger partial charge >= 0.3 is 45.4 Å². The summed E-state index contributed by atoms with van der Waals surface area (Å²) in [7, 11) is 11.1. The molecule has 0 aliphatic carbocycles. The number of benzene rings is 4. The summed E-state index contributed by atoms with van der Waals surface area (Å²) in [4.78, 5) is 21.2. The molecule has 6 aromatic rings. The molecule has 0 fully saturated rings. The van der Waals surface area contributed by atoms with E-state index in [0.717, 1.165) is 0 Å². The maximum atomic E-state index is 10.6. The van der Waals surface area contributed by atoms with Crippen LogP contribution in [0.5, 0.6) is 0 Å². The average Bonchev–Trinajstić information content (AvgIpc) is 3.90. The van der Waals surface area contributed by atoms with Crippen LogP contribution >= 0.6 is 17.0 Å². The molecule has 60 heavy (non-hydrogen) atoms. The molecule has 0 bridgehead atoms. The van der Waals surface area contributed by atoms with Crippen molar-refractivity contribution in [2.45, 2.75) is 131 Å². The summed E-state index contributed by atoms with van der Waals surface area (Å²) in [5.41, 5.74) is 11.6. The SMILES string of the molecule is CCC(=O)N[B]NC(=O)CC.CCC(C)c1ccccc1-c1cccc2[cH-]c(C(C)(C)C)cc12.CCC(C)c1ccccc1-c1cccc2[cH-]c(C(C)(C)C)cc12.[Cl][Zr+2][Cl]. The van der Waals surface area contributed by atoms with Crippen LogP contribution in [-0.2, 0) is 41.3 Å². The summed E-state index contributed by atoms with van der Waals surface area (Å²) in [5, 5.41) is 10.3. The number of rotatable bonds is 10. The summed E-state index contributed by atoms with van der Waals surface area (Å²) in [6.45, 7) is 26.4. The fourth-order valence-corrected chi connectivity index (χ4v) is 6.99. The first-order valence-electron chi connectivity index (χ1n) is 21.4. The predicted molar refractivity (Wildman–Crippen MR) is 259 cm³/mol. The van der Waals surface area contributed by atoms with Crippen LogP contribution in [0.3, 0.4) is 0 Å². The number of nitrogens with one attached hydrogen (secondary N) is 2. The molecule has 2 atom stereocenters. The van der Waals surface area contributed by atoms with Crippen molar-refractivity contribution < 1.29 is 30.4 Å². The fraction of sp³-hybridized carbons (Fsp3) is 0.385. The van der Waals surface area contributed by atoms with Crippen molar-refractivity contribution in [1.82, 2.24) is 10.5 Å². The van der Waals surface area contributed by atoms with Crippen LogP contribution in [-0.4, -0.2) is 19.4 Å². The molecule has 0 aliphatic heterocycles. The number of hydrogen-bond acceptors (Lipinski definition) is 2. The van der Waals surface area contributed by atoms with Crippen molar-refractivity contribution in [2.24, 2.45) is 0 Å². The summed E-state index contributed by atoms with van der Waals surface area (Å²) in [5.74, 6) is 0.944. The third-order valence-electron chi connectivity index (χ3n) is 11.1. The molecule has 0 aliphatic rings. The van der Waals surface area contributed by atoms with Crippen molar-refractivity contribution in [2.75, 3.05) is 0 Å². The monoisotopic (exact) mass is 921 g/mol. The van der Waals surface area contributed by atoms with Gasteiger partial charge in [0, 0.05) is 12.8 Å². The van der Waals surface area contributed by atoms with Crippen LogP contribution in [0.2, 0.25) is 0 Å². The topological polar surface area (TPSA) is 58.2 Å². The molecular formula is C52H66BCl2N2O2Zr. The zero-order valence-electron chi connectivity index (χ0n) is 38.0. The van der Waals surface area contributed by atoms with Gasteiger partial charge in [-0.15, -0.1) is 69.1 Å². The molecule has 2 amide bonds. The molecule has 2 N–H and O–H groups in total. The Bertz CT molecular complexity index is 2100. The van der Waals surface area contributed by atoms with E-state index in [2.05, 4.69) is 189 Å². The normalized spacial score (nSPS) is 12.0. The van der Waals surface area contributed by atoms with Gasteiger partial charge in [-0.25, -0.2) is 0 Å². The number of carbonyl (C=O) groups excluding carboxylic acids is 2. The molecule has 0 saturated heterocycles. The first-order valence-corrected chi connectivity index (χ1v) is 27.7. The van der Waals surface area contributed by atoms with Gasteiger partial charge in [-0.3, -0.25) is 9.59 Å². The Kier molecular flexibility index (Phi) is 20.6. The molecular weight excluding hydrogens is 858 g/mol. The van der Waals surface area contributed by atoms with Crippen LogP contribution in [0.25, 0.3) is 43.8 Å². The molecule has 4 nitrogen and oxygen atoms in total. The Morgan fingerprint density at radius 3 is 1.23 bits per heavy atom. The van der Waals surface area contributed by atoms with E-state index in [4.69, 9.17) is 17.0 Å². The van der Waals surface area contributed by atoms with Crippen molar-refractivity contribution in [3.8, 4) is 22.3 Å². The van der Waals surface area contributed by atoms with Crippen LogP contribution in [0.4, 0.5) is 0 Å². The Morgan fingerprint density at radius 1 is 0.583 bits per heavy atom. The van der Waals surface area contributed by atoms with E-state index in [1.807, 2.05) is 0 Å². The van der Waals surface area contributed by atoms with E-state index in [-0.39, 0.29) is 22.6 Å². The summed E-state index contributed by atoms with van der Waals surface area (Å²) >= 11 is -0.826. The Balaban J connectivity index is 0.000000247. The van der Waals surface area contributed by atoms with Gasteiger partial charge in [0.1, 0.15) is 0 Å². The first kappa shape index (κ1) is 50.9. The second-order valence-electron chi connectivity index (χ2n) is 17.5. The zero-order chi connectivity index (χ0) is 44.6. The molecule has 0 aromatic heterocycles. The average molecular weight is 924 g/mol. The molecule has 8 heteroatoms. The number of hydrogen-bond donors (Lipinski definition) is 2. The molecule has 2 unspecified atom stereocenters. The van der Waals surface area contributed by atoms with E-state index in [1.165, 1.54) is 86.4 Å². The van der Waals surface area contributed by atoms with Crippen molar-refractivity contribution >= 4 is 57.9 Å². The minimum atomic E-state index is -0.826. The number of halogens is 2. The Morgan fingerprint density at radius 2 is 0.917 bits per heavy atom. The van der Waals surface area contributed by atoms with Gasteiger partial charge in [0.15, 0.2) is 0 Å². The molecule has 6 aromatic carbocycles. The van der Waals surface area contributed by atoms with Crippen LogP contribution in [0, 0.1) is 0 Å². The standard InChI is InChI=1S/2C23H27.C6H12BN2O2.2ClH.Zr/c2*1-6-16(2)19-11-7-8-12-20(19)21-13-9-10-17-14-18(15-22(17)21)23(3,4)5;1-3-5(10)8-7-9-6(11)4-2;;;/h2*7-16H,6H2,1-5H3;3-4H2,1-2H3,(H,8,10)(H,9,11);2*1H;/q2*-1;;;;+4/p-2. The summed E-state index contributed by atoms with van der Waals surface area (Å²) in [6.07, 6.45) is 3.17. The van der Waals surface area contributed by atoms with Crippen molar-refractivity contribution in [1.29, 1.82) is 0 Å². The minimum absolute atomic E-state index is 0.110. The molecule has 1 radical (unpaired) electrons. The second kappa shape index (κ2) is 24.3. The third kappa shape index (κ3) is 14.3. The fourth-order valence-electron chi connectivity index (χ4n) is 6.99. The van der Waals surface area contributed by atoms with Crippen LogP contribution in [0.1, 0.15) is 143 Å². The number of amides is 2. The maximum absolute atomic E-state index is 10.6. The van der Waals surface area contributed by atoms with Gasteiger partial charge in [0.05, 0.1) is 0 Å². The van der Waals surface area contributed by atoms with Crippen molar-refractivity contribution in [3.63, 3.8) is 0 Å². The van der Waals surface area contributed by atoms with Crippen LogP contribution < -0.4 is 10.5 Å². The second-order valence-corrected chi connectivity index (χ2v) is 21.2. The van der Waals surface area contributed by atoms with E-state index in [0.29, 0.717) is 24.7 Å². The van der Waals surface area contributed by atoms with Crippen molar-refractivity contribution in [3.05, 3.63) is 131 Å². The molecule has 0 spiro atoms. The number of carbonyl (C=O) groups is 2. The van der Waals surface area contributed by atoms with Gasteiger partial charge in [0.25, 0.3) is 0 Å². The molecule has 317 valence electrons. The van der Waals surface area contributed by atoms with Gasteiger partial charge < -0.3 is 10.5 Å². The van der Waals surface area contributed by atoms with E-state index < -0.39 is 20.8 Å². The van der Waals surface area contributed by atoms with E-state index >= 15 is 0 Å². The zero-order valence-corrected chi connectivity index (χ0v) is 42.0. The molecule has 6 rings (SSSR count). The van der Waals surface area contributed by atoms with Gasteiger partial charge in [-0.05, 0) is 57.8 Å². The van der Waals surface area contributed by atoms with Crippen LogP contribution in [0.15, 0.2) is 109 Å². The van der Waals surface area contributed by atoms with Gasteiger partial charge in [-0.1, -0.05) is 155 Å². The summed E-state index contributed by atoms with van der Waals surface area (Å²) < 4.78 is 0. The Labute approximate surface area is 381 Å². The Hall–Kier alpha value is -3.43. The van der Waals surface area contributed by atoms with Gasteiger partial charge in [0.2, 0.25) is 11.8 Å². The summed E-state index contributed by atoms with van der Waals surface area (Å²) in [6, 6.07) is 40.7. The quantitative estimate of drug-likeness (QED) is 0.106. The van der Waals surface area contributed by atoms with E-state index in [9.17, 15) is 9.59 Å².